The molecule has 0 aliphatic carbocycles. The van der Waals surface area contributed by atoms with Crippen LogP contribution in [0.3, 0.4) is 0 Å². The van der Waals surface area contributed by atoms with E-state index >= 15 is 0 Å². The molecule has 1 fully saturated rings. The van der Waals surface area contributed by atoms with Gasteiger partial charge in [0, 0.05) is 13.1 Å². The van der Waals surface area contributed by atoms with Crippen LogP contribution in [0.2, 0.25) is 0 Å². The number of amides is 1. The van der Waals surface area contributed by atoms with Crippen molar-refractivity contribution in [3.63, 3.8) is 0 Å². The molecule has 1 aliphatic rings. The van der Waals surface area contributed by atoms with Crippen molar-refractivity contribution in [1.29, 1.82) is 0 Å². The number of carbonyl (C=O) groups excluding carboxylic acids is 1. The second-order valence-electron chi connectivity index (χ2n) is 9.08. The first-order valence-corrected chi connectivity index (χ1v) is 15.3. The van der Waals surface area contributed by atoms with Crippen molar-refractivity contribution in [2.45, 2.75) is 51.0 Å². The Morgan fingerprint density at radius 2 is 1.64 bits per heavy atom. The highest BCUT2D eigenvalue weighted by atomic mass is 32.2. The molecule has 198 valence electrons. The molecule has 2 aromatic carbocycles. The minimum atomic E-state index is -3.70. The van der Waals surface area contributed by atoms with Gasteiger partial charge in [-0.15, -0.1) is 0 Å². The van der Waals surface area contributed by atoms with Gasteiger partial charge in [-0.3, -0.25) is 9.10 Å². The molecule has 3 rings (SSSR count). The summed E-state index contributed by atoms with van der Waals surface area (Å²) in [6.45, 7) is 6.73. The first-order chi connectivity index (χ1) is 16.9. The minimum Gasteiger partial charge on any atom is -0.492 e. The van der Waals surface area contributed by atoms with Crippen LogP contribution in [0.1, 0.15) is 37.3 Å². The van der Waals surface area contributed by atoms with Crippen molar-refractivity contribution in [2.75, 3.05) is 36.8 Å². The lowest BCUT2D eigenvalue weighted by Gasteiger charge is -2.28. The van der Waals surface area contributed by atoms with Crippen LogP contribution < -0.4 is 14.4 Å². The highest BCUT2D eigenvalue weighted by Gasteiger charge is 2.29. The summed E-state index contributed by atoms with van der Waals surface area (Å²) in [4.78, 5) is 13.0. The molecule has 9 nitrogen and oxygen atoms in total. The van der Waals surface area contributed by atoms with Crippen LogP contribution in [0.5, 0.6) is 5.75 Å². The average molecular weight is 538 g/mol. The summed E-state index contributed by atoms with van der Waals surface area (Å²) in [7, 11) is -7.21. The molecule has 0 unspecified atom stereocenters. The number of anilines is 1. The lowest BCUT2D eigenvalue weighted by atomic mass is 10.1. The van der Waals surface area contributed by atoms with Gasteiger partial charge in [0.15, 0.2) is 0 Å². The molecule has 0 radical (unpaired) electrons. The van der Waals surface area contributed by atoms with Gasteiger partial charge in [-0.25, -0.2) is 16.8 Å². The lowest BCUT2D eigenvalue weighted by molar-refractivity contribution is -0.121. The van der Waals surface area contributed by atoms with E-state index in [9.17, 15) is 21.6 Å². The van der Waals surface area contributed by atoms with E-state index in [4.69, 9.17) is 4.74 Å². The molecular formula is C25H35N3O6S2. The normalized spacial score (nSPS) is 15.8. The zero-order chi connectivity index (χ0) is 26.5. The number of piperidine rings is 1. The molecular weight excluding hydrogens is 502 g/mol. The number of benzene rings is 2. The highest BCUT2D eigenvalue weighted by Crippen LogP contribution is 2.24. The average Bonchev–Trinajstić information content (AvgIpc) is 2.84. The van der Waals surface area contributed by atoms with Crippen molar-refractivity contribution < 1.29 is 26.4 Å². The predicted octanol–water partition coefficient (Wildman–Crippen LogP) is 2.83. The fourth-order valence-corrected chi connectivity index (χ4v) is 6.81. The summed E-state index contributed by atoms with van der Waals surface area (Å²) in [5.41, 5.74) is 2.38. The van der Waals surface area contributed by atoms with Crippen molar-refractivity contribution in [2.24, 2.45) is 0 Å². The third-order valence-electron chi connectivity index (χ3n) is 6.28. The first kappa shape index (κ1) is 27.9. The van der Waals surface area contributed by atoms with E-state index in [1.807, 2.05) is 19.9 Å². The molecule has 0 saturated carbocycles. The maximum atomic E-state index is 12.8. The molecule has 0 bridgehead atoms. The Labute approximate surface area is 214 Å². The lowest BCUT2D eigenvalue weighted by Crippen LogP contribution is -2.48. The topological polar surface area (TPSA) is 113 Å². The number of hydrogen-bond acceptors (Lipinski definition) is 6. The third kappa shape index (κ3) is 6.77. The molecule has 1 atom stereocenters. The maximum Gasteiger partial charge on any atom is 0.243 e. The van der Waals surface area contributed by atoms with E-state index in [0.717, 1.165) is 41.0 Å². The molecule has 0 spiro atoms. The second-order valence-corrected chi connectivity index (χ2v) is 12.9. The number of nitrogens with one attached hydrogen (secondary N) is 1. The van der Waals surface area contributed by atoms with Gasteiger partial charge >= 0.3 is 0 Å². The van der Waals surface area contributed by atoms with E-state index < -0.39 is 32.0 Å². The molecule has 1 N–H and O–H groups in total. The van der Waals surface area contributed by atoms with Crippen LogP contribution in [0.4, 0.5) is 5.69 Å². The van der Waals surface area contributed by atoms with Gasteiger partial charge in [-0.1, -0.05) is 12.5 Å². The van der Waals surface area contributed by atoms with Gasteiger partial charge in [-0.2, -0.15) is 4.31 Å². The van der Waals surface area contributed by atoms with Gasteiger partial charge in [0.1, 0.15) is 18.4 Å². The van der Waals surface area contributed by atoms with Crippen LogP contribution in [-0.2, 0) is 24.8 Å². The minimum absolute atomic E-state index is 0.138. The molecule has 36 heavy (non-hydrogen) atoms. The predicted molar refractivity (Wildman–Crippen MR) is 140 cm³/mol. The summed E-state index contributed by atoms with van der Waals surface area (Å²) in [6.07, 6.45) is 3.87. The highest BCUT2D eigenvalue weighted by molar-refractivity contribution is 7.92. The number of ether oxygens (including phenoxy) is 1. The van der Waals surface area contributed by atoms with E-state index in [-0.39, 0.29) is 18.0 Å². The fraction of sp³-hybridized carbons (Fsp3) is 0.480. The van der Waals surface area contributed by atoms with Gasteiger partial charge in [-0.05, 0) is 81.1 Å². The van der Waals surface area contributed by atoms with E-state index in [2.05, 4.69) is 5.32 Å². The Hall–Kier alpha value is -2.63. The Bertz CT molecular complexity index is 1270. The van der Waals surface area contributed by atoms with Crippen LogP contribution >= 0.6 is 0 Å². The Kier molecular flexibility index (Phi) is 9.02. The Balaban J connectivity index is 1.55. The zero-order valence-corrected chi connectivity index (χ0v) is 22.9. The van der Waals surface area contributed by atoms with Crippen molar-refractivity contribution in [3.05, 3.63) is 53.6 Å². The van der Waals surface area contributed by atoms with Crippen molar-refractivity contribution >= 4 is 31.6 Å². The fourth-order valence-electron chi connectivity index (χ4n) is 4.12. The molecule has 1 saturated heterocycles. The molecule has 1 heterocycles. The Morgan fingerprint density at radius 1 is 1.00 bits per heavy atom. The molecule has 2 aromatic rings. The second kappa shape index (κ2) is 11.6. The van der Waals surface area contributed by atoms with E-state index in [1.165, 1.54) is 23.4 Å². The molecule has 1 aliphatic heterocycles. The smallest absolute Gasteiger partial charge is 0.243 e. The number of nitrogens with zero attached hydrogens (tertiary/aromatic N) is 2. The maximum absolute atomic E-state index is 12.8. The van der Waals surface area contributed by atoms with Crippen molar-refractivity contribution in [1.82, 2.24) is 9.62 Å². The SMILES string of the molecule is Cc1ccc(N([C@@H](C)C(=O)NCCOc2ccc(S(=O)(=O)N3CCCCC3)cc2)S(C)(=O)=O)cc1C. The summed E-state index contributed by atoms with van der Waals surface area (Å²) in [5, 5.41) is 2.71. The number of carbonyl (C=O) groups is 1. The van der Waals surface area contributed by atoms with E-state index in [1.54, 1.807) is 24.3 Å². The molecule has 1 amide bonds. The monoisotopic (exact) mass is 537 g/mol. The van der Waals surface area contributed by atoms with Gasteiger partial charge in [0.05, 0.1) is 23.4 Å². The molecule has 11 heteroatoms. The number of rotatable bonds is 10. The van der Waals surface area contributed by atoms with Crippen LogP contribution in [-0.4, -0.2) is 65.6 Å². The van der Waals surface area contributed by atoms with E-state index in [0.29, 0.717) is 24.5 Å². The summed E-state index contributed by atoms with van der Waals surface area (Å²) < 4.78 is 58.7. The first-order valence-electron chi connectivity index (χ1n) is 12.0. The number of sulfonamides is 2. The van der Waals surface area contributed by atoms with Gasteiger partial charge < -0.3 is 10.1 Å². The van der Waals surface area contributed by atoms with Crippen LogP contribution in [0, 0.1) is 13.8 Å². The summed E-state index contributed by atoms with van der Waals surface area (Å²) in [5.74, 6) is 0.0213. The summed E-state index contributed by atoms with van der Waals surface area (Å²) in [6, 6.07) is 10.5. The van der Waals surface area contributed by atoms with Crippen LogP contribution in [0.25, 0.3) is 0 Å². The Morgan fingerprint density at radius 3 is 2.22 bits per heavy atom. The quantitative estimate of drug-likeness (QED) is 0.467. The third-order valence-corrected chi connectivity index (χ3v) is 9.43. The summed E-state index contributed by atoms with van der Waals surface area (Å²) >= 11 is 0. The molecule has 0 aromatic heterocycles. The standard InChI is InChI=1S/C25H35N3O6S2/c1-19-8-9-22(18-20(19)2)28(35(4,30)31)21(3)25(29)26-14-17-34-23-10-12-24(13-11-23)36(32,33)27-15-6-5-7-16-27/h8-13,18,21H,5-7,14-17H2,1-4H3,(H,26,29)/t21-/m0/s1. The number of aryl methyl sites for hydroxylation is 2. The largest absolute Gasteiger partial charge is 0.492 e. The van der Waals surface area contributed by atoms with Crippen molar-refractivity contribution in [3.8, 4) is 5.75 Å². The number of hydrogen-bond donors (Lipinski definition) is 1. The van der Waals surface area contributed by atoms with Gasteiger partial charge in [0.25, 0.3) is 0 Å². The van der Waals surface area contributed by atoms with Crippen LogP contribution in [0.15, 0.2) is 47.4 Å². The zero-order valence-electron chi connectivity index (χ0n) is 21.2. The van der Waals surface area contributed by atoms with Gasteiger partial charge in [0.2, 0.25) is 26.0 Å².